The molecule has 0 radical (unpaired) electrons. The Morgan fingerprint density at radius 2 is 2.05 bits per heavy atom. The van der Waals surface area contributed by atoms with Crippen molar-refractivity contribution in [3.8, 4) is 11.8 Å². The number of rotatable bonds is 8. The van der Waals surface area contributed by atoms with E-state index in [-0.39, 0.29) is 5.91 Å². The van der Waals surface area contributed by atoms with Gasteiger partial charge in [0.1, 0.15) is 0 Å². The first kappa shape index (κ1) is 17.3. The molecule has 21 heavy (non-hydrogen) atoms. The average Bonchev–Trinajstić information content (AvgIpc) is 2.51. The maximum Gasteiger partial charge on any atom is 0.220 e. The number of benzene rings is 1. The van der Waals surface area contributed by atoms with Crippen LogP contribution in [0.5, 0.6) is 0 Å². The van der Waals surface area contributed by atoms with E-state index in [1.807, 2.05) is 24.3 Å². The number of carbonyl (C=O) groups excluding carboxylic acids is 1. The van der Waals surface area contributed by atoms with E-state index in [1.54, 1.807) is 0 Å². The van der Waals surface area contributed by atoms with Crippen molar-refractivity contribution in [1.29, 1.82) is 0 Å². The van der Waals surface area contributed by atoms with Crippen LogP contribution in [0.3, 0.4) is 0 Å². The van der Waals surface area contributed by atoms with Crippen molar-refractivity contribution in [3.63, 3.8) is 0 Å². The zero-order valence-electron chi connectivity index (χ0n) is 13.0. The molecule has 1 aromatic rings. The lowest BCUT2D eigenvalue weighted by molar-refractivity contribution is -0.121. The van der Waals surface area contributed by atoms with Crippen LogP contribution in [-0.4, -0.2) is 12.5 Å². The van der Waals surface area contributed by atoms with Gasteiger partial charge in [-0.15, -0.1) is 0 Å². The lowest BCUT2D eigenvalue weighted by Gasteiger charge is -2.06. The first-order valence-electron chi connectivity index (χ1n) is 7.81. The quantitative estimate of drug-likeness (QED) is 0.570. The van der Waals surface area contributed by atoms with Crippen LogP contribution < -0.4 is 11.1 Å². The molecule has 0 bridgehead atoms. The number of hydrogen-bond donors (Lipinski definition) is 2. The van der Waals surface area contributed by atoms with Gasteiger partial charge >= 0.3 is 0 Å². The summed E-state index contributed by atoms with van der Waals surface area (Å²) in [5.41, 5.74) is 7.36. The molecule has 114 valence electrons. The lowest BCUT2D eigenvalue weighted by atomic mass is 10.1. The summed E-state index contributed by atoms with van der Waals surface area (Å²) in [5.74, 6) is 5.96. The van der Waals surface area contributed by atoms with Gasteiger partial charge < -0.3 is 11.1 Å². The Balaban J connectivity index is 2.29. The standard InChI is InChI=1S/C18H26N2O/c1-2-3-4-5-6-12-18(21)20-15-17-10-7-9-16(14-17)11-8-13-19/h7,9-10,14H,2-6,12-13,15,19H2,1H3,(H,20,21). The largest absolute Gasteiger partial charge is 0.352 e. The molecule has 1 amide bonds. The van der Waals surface area contributed by atoms with Crippen LogP contribution in [0.25, 0.3) is 0 Å². The highest BCUT2D eigenvalue weighted by molar-refractivity contribution is 5.75. The fraction of sp³-hybridized carbons (Fsp3) is 0.500. The number of hydrogen-bond acceptors (Lipinski definition) is 2. The zero-order chi connectivity index (χ0) is 15.3. The number of unbranched alkanes of at least 4 members (excludes halogenated alkanes) is 4. The second kappa shape index (κ2) is 10.9. The Labute approximate surface area is 128 Å². The van der Waals surface area contributed by atoms with E-state index < -0.39 is 0 Å². The van der Waals surface area contributed by atoms with Gasteiger partial charge in [0, 0.05) is 18.5 Å². The predicted molar refractivity (Wildman–Crippen MR) is 87.6 cm³/mol. The van der Waals surface area contributed by atoms with E-state index >= 15 is 0 Å². The summed E-state index contributed by atoms with van der Waals surface area (Å²) >= 11 is 0. The summed E-state index contributed by atoms with van der Waals surface area (Å²) in [6.07, 6.45) is 6.47. The molecule has 0 saturated carbocycles. The highest BCUT2D eigenvalue weighted by Gasteiger charge is 2.01. The van der Waals surface area contributed by atoms with Gasteiger partial charge in [-0.1, -0.05) is 56.6 Å². The first-order valence-corrected chi connectivity index (χ1v) is 7.81. The molecular weight excluding hydrogens is 260 g/mol. The molecular formula is C18H26N2O. The summed E-state index contributed by atoms with van der Waals surface area (Å²) in [5, 5.41) is 2.96. The van der Waals surface area contributed by atoms with Crippen LogP contribution in [0.15, 0.2) is 24.3 Å². The molecule has 1 aromatic carbocycles. The molecule has 0 heterocycles. The highest BCUT2D eigenvalue weighted by Crippen LogP contribution is 2.06. The van der Waals surface area contributed by atoms with E-state index in [0.717, 1.165) is 24.0 Å². The van der Waals surface area contributed by atoms with Gasteiger partial charge in [-0.2, -0.15) is 0 Å². The van der Waals surface area contributed by atoms with Gasteiger partial charge in [0.2, 0.25) is 5.91 Å². The van der Waals surface area contributed by atoms with Crippen molar-refractivity contribution >= 4 is 5.91 Å². The zero-order valence-corrected chi connectivity index (χ0v) is 13.0. The van der Waals surface area contributed by atoms with Gasteiger partial charge in [0.15, 0.2) is 0 Å². The third-order valence-electron chi connectivity index (χ3n) is 3.26. The Morgan fingerprint density at radius 3 is 2.81 bits per heavy atom. The Hall–Kier alpha value is -1.79. The number of nitrogens with two attached hydrogens (primary N) is 1. The second-order valence-corrected chi connectivity index (χ2v) is 5.15. The Morgan fingerprint density at radius 1 is 1.24 bits per heavy atom. The maximum absolute atomic E-state index is 11.8. The van der Waals surface area contributed by atoms with E-state index in [9.17, 15) is 4.79 Å². The van der Waals surface area contributed by atoms with Gasteiger partial charge in [-0.25, -0.2) is 0 Å². The molecule has 0 saturated heterocycles. The topological polar surface area (TPSA) is 55.1 Å². The molecule has 0 aliphatic carbocycles. The molecule has 0 fully saturated rings. The second-order valence-electron chi connectivity index (χ2n) is 5.15. The normalized spacial score (nSPS) is 9.81. The highest BCUT2D eigenvalue weighted by atomic mass is 16.1. The van der Waals surface area contributed by atoms with Crippen molar-refractivity contribution in [2.24, 2.45) is 5.73 Å². The maximum atomic E-state index is 11.8. The number of amides is 1. The molecule has 0 aromatic heterocycles. The van der Waals surface area contributed by atoms with Crippen LogP contribution in [0, 0.1) is 11.8 Å². The van der Waals surface area contributed by atoms with E-state index in [4.69, 9.17) is 5.73 Å². The molecule has 0 atom stereocenters. The van der Waals surface area contributed by atoms with Crippen molar-refractivity contribution in [2.45, 2.75) is 52.0 Å². The molecule has 0 aliphatic heterocycles. The third kappa shape index (κ3) is 8.16. The Bertz CT molecular complexity index is 485. The third-order valence-corrected chi connectivity index (χ3v) is 3.26. The van der Waals surface area contributed by atoms with Gasteiger partial charge in [-0.3, -0.25) is 4.79 Å². The molecule has 0 unspecified atom stereocenters. The average molecular weight is 286 g/mol. The van der Waals surface area contributed by atoms with Gasteiger partial charge in [0.25, 0.3) is 0 Å². The fourth-order valence-corrected chi connectivity index (χ4v) is 2.09. The summed E-state index contributed by atoms with van der Waals surface area (Å²) < 4.78 is 0. The summed E-state index contributed by atoms with van der Waals surface area (Å²) in [6, 6.07) is 7.88. The predicted octanol–water partition coefficient (Wildman–Crippen LogP) is 2.97. The van der Waals surface area contributed by atoms with Crippen LogP contribution in [-0.2, 0) is 11.3 Å². The van der Waals surface area contributed by atoms with Crippen LogP contribution in [0.1, 0.15) is 56.6 Å². The molecule has 1 rings (SSSR count). The molecule has 0 aliphatic rings. The minimum absolute atomic E-state index is 0.130. The summed E-state index contributed by atoms with van der Waals surface area (Å²) in [4.78, 5) is 11.8. The van der Waals surface area contributed by atoms with Crippen LogP contribution >= 0.6 is 0 Å². The van der Waals surface area contributed by atoms with Gasteiger partial charge in [0.05, 0.1) is 6.54 Å². The SMILES string of the molecule is CCCCCCCC(=O)NCc1cccc(C#CCN)c1. The van der Waals surface area contributed by atoms with E-state index in [0.29, 0.717) is 19.5 Å². The first-order chi connectivity index (χ1) is 10.3. The van der Waals surface area contributed by atoms with Crippen LogP contribution in [0.4, 0.5) is 0 Å². The fourth-order valence-electron chi connectivity index (χ4n) is 2.09. The molecule has 3 N–H and O–H groups in total. The number of nitrogens with one attached hydrogen (secondary N) is 1. The summed E-state index contributed by atoms with van der Waals surface area (Å²) in [6.45, 7) is 3.11. The van der Waals surface area contributed by atoms with Crippen molar-refractivity contribution in [2.75, 3.05) is 6.54 Å². The van der Waals surface area contributed by atoms with Gasteiger partial charge in [-0.05, 0) is 24.1 Å². The van der Waals surface area contributed by atoms with Crippen molar-refractivity contribution in [1.82, 2.24) is 5.32 Å². The van der Waals surface area contributed by atoms with Crippen molar-refractivity contribution < 1.29 is 4.79 Å². The van der Waals surface area contributed by atoms with Crippen molar-refractivity contribution in [3.05, 3.63) is 35.4 Å². The lowest BCUT2D eigenvalue weighted by Crippen LogP contribution is -2.22. The van der Waals surface area contributed by atoms with Crippen LogP contribution in [0.2, 0.25) is 0 Å². The minimum atomic E-state index is 0.130. The Kier molecular flexibility index (Phi) is 8.99. The smallest absolute Gasteiger partial charge is 0.220 e. The molecule has 0 spiro atoms. The molecule has 3 nitrogen and oxygen atoms in total. The minimum Gasteiger partial charge on any atom is -0.352 e. The number of carbonyl (C=O) groups is 1. The monoisotopic (exact) mass is 286 g/mol. The van der Waals surface area contributed by atoms with E-state index in [2.05, 4.69) is 24.1 Å². The summed E-state index contributed by atoms with van der Waals surface area (Å²) in [7, 11) is 0. The van der Waals surface area contributed by atoms with E-state index in [1.165, 1.54) is 19.3 Å². The molecule has 3 heteroatoms.